The van der Waals surface area contributed by atoms with Crippen molar-refractivity contribution in [1.29, 1.82) is 0 Å². The molecule has 100 valence electrons. The summed E-state index contributed by atoms with van der Waals surface area (Å²) in [5.74, 6) is 0.787. The maximum atomic E-state index is 12.0. The Morgan fingerprint density at radius 3 is 2.68 bits per heavy atom. The van der Waals surface area contributed by atoms with Gasteiger partial charge >= 0.3 is 0 Å². The molecule has 1 amide bonds. The molecule has 2 rings (SSSR count). The summed E-state index contributed by atoms with van der Waals surface area (Å²) in [6.45, 7) is 3.17. The molecule has 5 heteroatoms. The van der Waals surface area contributed by atoms with E-state index in [9.17, 15) is 4.79 Å². The zero-order valence-corrected chi connectivity index (χ0v) is 11.8. The van der Waals surface area contributed by atoms with Crippen molar-refractivity contribution in [3.63, 3.8) is 0 Å². The number of hydrogen-bond acceptors (Lipinski definition) is 4. The summed E-state index contributed by atoms with van der Waals surface area (Å²) in [6, 6.07) is 7.77. The predicted molar refractivity (Wildman–Crippen MR) is 75.5 cm³/mol. The van der Waals surface area contributed by atoms with Crippen molar-refractivity contribution in [2.75, 3.05) is 13.7 Å². The number of benzene rings is 1. The van der Waals surface area contributed by atoms with E-state index in [1.807, 2.05) is 31.2 Å². The van der Waals surface area contributed by atoms with Gasteiger partial charge in [0.05, 0.1) is 12.1 Å². The molecular weight excluding hydrogens is 260 g/mol. The number of carbonyl (C=O) groups excluding carboxylic acids is 1. The molecule has 0 bridgehead atoms. The van der Waals surface area contributed by atoms with Gasteiger partial charge in [-0.15, -0.1) is 11.3 Å². The second kappa shape index (κ2) is 6.33. The Kier molecular flexibility index (Phi) is 4.52. The maximum absolute atomic E-state index is 12.0. The van der Waals surface area contributed by atoms with Gasteiger partial charge in [0.1, 0.15) is 11.4 Å². The van der Waals surface area contributed by atoms with Crippen LogP contribution in [0.2, 0.25) is 0 Å². The average molecular weight is 276 g/mol. The molecule has 1 heterocycles. The molecule has 1 aromatic carbocycles. The van der Waals surface area contributed by atoms with Crippen LogP contribution in [-0.4, -0.2) is 29.4 Å². The summed E-state index contributed by atoms with van der Waals surface area (Å²) in [6.07, 6.45) is 0. The topological polar surface area (TPSA) is 42.4 Å². The zero-order valence-electron chi connectivity index (χ0n) is 11.0. The van der Waals surface area contributed by atoms with Gasteiger partial charge in [0.2, 0.25) is 0 Å². The second-order valence-electron chi connectivity index (χ2n) is 4.11. The molecule has 2 aromatic rings. The molecule has 1 aromatic heterocycles. The van der Waals surface area contributed by atoms with Crippen LogP contribution in [0.1, 0.15) is 23.0 Å². The molecule has 0 radical (unpaired) electrons. The number of ether oxygens (including phenoxy) is 1. The number of hydrogen-bond donors (Lipinski definition) is 0. The summed E-state index contributed by atoms with van der Waals surface area (Å²) < 4.78 is 5.38. The van der Waals surface area contributed by atoms with Gasteiger partial charge in [-0.25, -0.2) is 4.98 Å². The van der Waals surface area contributed by atoms with E-state index in [2.05, 4.69) is 4.98 Å². The zero-order chi connectivity index (χ0) is 13.7. The van der Waals surface area contributed by atoms with Gasteiger partial charge in [0.25, 0.3) is 5.91 Å². The first kappa shape index (κ1) is 13.5. The van der Waals surface area contributed by atoms with Crippen LogP contribution in [0.3, 0.4) is 0 Å². The minimum absolute atomic E-state index is 0.0601. The van der Waals surface area contributed by atoms with E-state index < -0.39 is 0 Å². The summed E-state index contributed by atoms with van der Waals surface area (Å²) in [7, 11) is 1.78. The molecule has 4 nitrogen and oxygen atoms in total. The van der Waals surface area contributed by atoms with Gasteiger partial charge < -0.3 is 9.64 Å². The first-order valence-corrected chi connectivity index (χ1v) is 7.00. The normalized spacial score (nSPS) is 10.2. The number of aromatic nitrogens is 1. The number of rotatable bonds is 5. The van der Waals surface area contributed by atoms with E-state index in [0.29, 0.717) is 18.8 Å². The standard InChI is InChI=1S/C14H16N2O2S/c1-3-18-12-6-4-11(5-7-12)8-16(2)14(17)13-9-19-10-15-13/h4-7,9-10H,3,8H2,1-2H3. The van der Waals surface area contributed by atoms with Crippen molar-refractivity contribution in [2.24, 2.45) is 0 Å². The van der Waals surface area contributed by atoms with E-state index in [0.717, 1.165) is 11.3 Å². The molecule has 0 aliphatic rings. The van der Waals surface area contributed by atoms with Crippen LogP contribution < -0.4 is 4.74 Å². The third-order valence-electron chi connectivity index (χ3n) is 2.65. The lowest BCUT2D eigenvalue weighted by Gasteiger charge is -2.16. The molecule has 0 N–H and O–H groups in total. The van der Waals surface area contributed by atoms with Crippen molar-refractivity contribution in [2.45, 2.75) is 13.5 Å². The van der Waals surface area contributed by atoms with Crippen LogP contribution in [0.15, 0.2) is 35.2 Å². The Morgan fingerprint density at radius 1 is 1.37 bits per heavy atom. The molecule has 0 spiro atoms. The quantitative estimate of drug-likeness (QED) is 0.843. The lowest BCUT2D eigenvalue weighted by atomic mass is 10.2. The fourth-order valence-corrected chi connectivity index (χ4v) is 2.24. The predicted octanol–water partition coefficient (Wildman–Crippen LogP) is 2.81. The van der Waals surface area contributed by atoms with Crippen LogP contribution in [0.25, 0.3) is 0 Å². The maximum Gasteiger partial charge on any atom is 0.273 e. The van der Waals surface area contributed by atoms with Crippen molar-refractivity contribution in [3.05, 3.63) is 46.4 Å². The van der Waals surface area contributed by atoms with Crippen molar-refractivity contribution >= 4 is 17.2 Å². The second-order valence-corrected chi connectivity index (χ2v) is 4.83. The Hall–Kier alpha value is -1.88. The summed E-state index contributed by atoms with van der Waals surface area (Å²) in [4.78, 5) is 17.7. The van der Waals surface area contributed by atoms with E-state index in [1.165, 1.54) is 11.3 Å². The number of amides is 1. The molecule has 19 heavy (non-hydrogen) atoms. The van der Waals surface area contributed by atoms with E-state index >= 15 is 0 Å². The van der Waals surface area contributed by atoms with Gasteiger partial charge in [-0.3, -0.25) is 4.79 Å². The van der Waals surface area contributed by atoms with Gasteiger partial charge in [0, 0.05) is 19.0 Å². The third-order valence-corrected chi connectivity index (χ3v) is 3.24. The minimum atomic E-state index is -0.0601. The van der Waals surface area contributed by atoms with Crippen molar-refractivity contribution < 1.29 is 9.53 Å². The molecule has 0 unspecified atom stereocenters. The molecule has 0 saturated carbocycles. The summed E-state index contributed by atoms with van der Waals surface area (Å²) >= 11 is 1.42. The Balaban J connectivity index is 1.98. The summed E-state index contributed by atoms with van der Waals surface area (Å²) in [5.41, 5.74) is 3.23. The highest BCUT2D eigenvalue weighted by atomic mass is 32.1. The first-order valence-electron chi connectivity index (χ1n) is 6.06. The number of carbonyl (C=O) groups is 1. The Morgan fingerprint density at radius 2 is 2.11 bits per heavy atom. The Labute approximate surface area is 116 Å². The lowest BCUT2D eigenvalue weighted by Crippen LogP contribution is -2.26. The number of nitrogens with zero attached hydrogens (tertiary/aromatic N) is 2. The fourth-order valence-electron chi connectivity index (χ4n) is 1.72. The average Bonchev–Trinajstić information content (AvgIpc) is 2.94. The lowest BCUT2D eigenvalue weighted by molar-refractivity contribution is 0.0780. The number of thiazole rings is 1. The highest BCUT2D eigenvalue weighted by Gasteiger charge is 2.13. The van der Waals surface area contributed by atoms with Gasteiger partial charge in [-0.05, 0) is 24.6 Å². The highest BCUT2D eigenvalue weighted by Crippen LogP contribution is 2.14. The van der Waals surface area contributed by atoms with E-state index in [1.54, 1.807) is 22.8 Å². The highest BCUT2D eigenvalue weighted by molar-refractivity contribution is 7.07. The van der Waals surface area contributed by atoms with Crippen LogP contribution in [0.4, 0.5) is 0 Å². The van der Waals surface area contributed by atoms with Gasteiger partial charge in [-0.1, -0.05) is 12.1 Å². The molecule has 0 aliphatic heterocycles. The Bertz CT molecular complexity index is 523. The van der Waals surface area contributed by atoms with Crippen molar-refractivity contribution in [3.8, 4) is 5.75 Å². The first-order chi connectivity index (χ1) is 9.20. The minimum Gasteiger partial charge on any atom is -0.494 e. The van der Waals surface area contributed by atoms with Crippen LogP contribution in [0, 0.1) is 0 Å². The summed E-state index contributed by atoms with van der Waals surface area (Å²) in [5, 5.41) is 1.76. The van der Waals surface area contributed by atoms with Crippen LogP contribution in [0.5, 0.6) is 5.75 Å². The molecule has 0 saturated heterocycles. The molecule has 0 aliphatic carbocycles. The van der Waals surface area contributed by atoms with Gasteiger partial charge in [-0.2, -0.15) is 0 Å². The fraction of sp³-hybridized carbons (Fsp3) is 0.286. The van der Waals surface area contributed by atoms with E-state index in [-0.39, 0.29) is 5.91 Å². The van der Waals surface area contributed by atoms with Crippen LogP contribution >= 0.6 is 11.3 Å². The van der Waals surface area contributed by atoms with Crippen LogP contribution in [-0.2, 0) is 6.54 Å². The third kappa shape index (κ3) is 3.54. The van der Waals surface area contributed by atoms with Gasteiger partial charge in [0.15, 0.2) is 0 Å². The molecular formula is C14H16N2O2S. The largest absolute Gasteiger partial charge is 0.494 e. The molecule has 0 atom stereocenters. The SMILES string of the molecule is CCOc1ccc(CN(C)C(=O)c2cscn2)cc1. The smallest absolute Gasteiger partial charge is 0.273 e. The molecule has 0 fully saturated rings. The van der Waals surface area contributed by atoms with E-state index in [4.69, 9.17) is 4.74 Å². The van der Waals surface area contributed by atoms with Crippen molar-refractivity contribution in [1.82, 2.24) is 9.88 Å². The monoisotopic (exact) mass is 276 g/mol.